The fourth-order valence-electron chi connectivity index (χ4n) is 2.08. The minimum absolute atomic E-state index is 0.184. The quantitative estimate of drug-likeness (QED) is 0.663. The van der Waals surface area contributed by atoms with Crippen LogP contribution in [0.1, 0.15) is 22.3 Å². The van der Waals surface area contributed by atoms with Gasteiger partial charge in [0.15, 0.2) is 0 Å². The minimum atomic E-state index is -0.429. The fraction of sp³-hybridized carbons (Fsp3) is 0.188. The van der Waals surface area contributed by atoms with E-state index < -0.39 is 5.82 Å². The molecule has 0 unspecified atom stereocenters. The molecule has 0 saturated carbocycles. The summed E-state index contributed by atoms with van der Waals surface area (Å²) in [4.78, 5) is 0. The second kappa shape index (κ2) is 6.14. The Morgan fingerprint density at radius 1 is 1.24 bits per heavy atom. The topological polar surface area (TPSA) is 59.1 Å². The monoisotopic (exact) mass is 306 g/mol. The molecule has 0 aliphatic carbocycles. The summed E-state index contributed by atoms with van der Waals surface area (Å²) in [6.45, 7) is 4.01. The maximum absolute atomic E-state index is 13.2. The van der Waals surface area contributed by atoms with E-state index in [9.17, 15) is 4.39 Å². The summed E-state index contributed by atoms with van der Waals surface area (Å²) in [5, 5.41) is 8.21. The van der Waals surface area contributed by atoms with Crippen LogP contribution in [-0.2, 0) is 6.61 Å². The molecule has 0 aliphatic rings. The van der Waals surface area contributed by atoms with Gasteiger partial charge >= 0.3 is 0 Å². The highest BCUT2D eigenvalue weighted by atomic mass is 35.5. The largest absolute Gasteiger partial charge is 0.489 e. The third-order valence-electron chi connectivity index (χ3n) is 3.17. The molecule has 2 aromatic rings. The first-order valence-electron chi connectivity index (χ1n) is 6.41. The standard InChI is InChI=1S/C16H16ClFN2O/c1-9-5-13(6-10(2)15(9)17)21-8-11-3-4-12(18)7-14(11)16(19)20/h3-7H,8H2,1-2H3,(H3,19,20). The lowest BCUT2D eigenvalue weighted by Gasteiger charge is -2.12. The molecule has 110 valence electrons. The van der Waals surface area contributed by atoms with Crippen LogP contribution in [0.4, 0.5) is 4.39 Å². The highest BCUT2D eigenvalue weighted by molar-refractivity contribution is 6.32. The van der Waals surface area contributed by atoms with E-state index >= 15 is 0 Å². The summed E-state index contributed by atoms with van der Waals surface area (Å²) < 4.78 is 18.9. The zero-order chi connectivity index (χ0) is 15.6. The average Bonchev–Trinajstić information content (AvgIpc) is 2.43. The van der Waals surface area contributed by atoms with Gasteiger partial charge in [0.05, 0.1) is 0 Å². The van der Waals surface area contributed by atoms with Crippen LogP contribution in [0.3, 0.4) is 0 Å². The number of rotatable bonds is 4. The van der Waals surface area contributed by atoms with Crippen LogP contribution in [0.25, 0.3) is 0 Å². The molecule has 0 fully saturated rings. The lowest BCUT2D eigenvalue weighted by Crippen LogP contribution is -2.15. The number of ether oxygens (including phenoxy) is 1. The van der Waals surface area contributed by atoms with E-state index in [1.165, 1.54) is 12.1 Å². The number of benzene rings is 2. The van der Waals surface area contributed by atoms with Crippen LogP contribution in [0.15, 0.2) is 30.3 Å². The fourth-order valence-corrected chi connectivity index (χ4v) is 2.18. The molecule has 0 bridgehead atoms. The van der Waals surface area contributed by atoms with Crippen molar-refractivity contribution < 1.29 is 9.13 Å². The van der Waals surface area contributed by atoms with Crippen molar-refractivity contribution in [1.29, 1.82) is 5.41 Å². The van der Waals surface area contributed by atoms with E-state index in [-0.39, 0.29) is 12.4 Å². The zero-order valence-electron chi connectivity index (χ0n) is 11.8. The molecule has 0 heterocycles. The number of nitrogens with two attached hydrogens (primary N) is 1. The summed E-state index contributed by atoms with van der Waals surface area (Å²) in [7, 11) is 0. The Hall–Kier alpha value is -2.07. The van der Waals surface area contributed by atoms with E-state index in [0.717, 1.165) is 11.1 Å². The third-order valence-corrected chi connectivity index (χ3v) is 3.76. The van der Waals surface area contributed by atoms with Gasteiger partial charge < -0.3 is 10.5 Å². The van der Waals surface area contributed by atoms with Gasteiger partial charge in [-0.2, -0.15) is 0 Å². The summed E-state index contributed by atoms with van der Waals surface area (Å²) in [5.41, 5.74) is 8.33. The van der Waals surface area contributed by atoms with Gasteiger partial charge in [0, 0.05) is 16.1 Å². The maximum Gasteiger partial charge on any atom is 0.123 e. The van der Waals surface area contributed by atoms with Crippen molar-refractivity contribution in [2.75, 3.05) is 0 Å². The molecule has 0 aromatic heterocycles. The van der Waals surface area contributed by atoms with Crippen molar-refractivity contribution in [3.8, 4) is 5.75 Å². The molecule has 0 amide bonds. The molecule has 0 radical (unpaired) electrons. The summed E-state index contributed by atoms with van der Waals surface area (Å²) in [5.74, 6) is 0.0620. The number of aryl methyl sites for hydroxylation is 2. The van der Waals surface area contributed by atoms with Crippen molar-refractivity contribution in [2.24, 2.45) is 5.73 Å². The first kappa shape index (κ1) is 15.3. The van der Waals surface area contributed by atoms with Crippen LogP contribution in [-0.4, -0.2) is 5.84 Å². The minimum Gasteiger partial charge on any atom is -0.489 e. The molecule has 3 N–H and O–H groups in total. The molecule has 5 heteroatoms. The smallest absolute Gasteiger partial charge is 0.123 e. The average molecular weight is 307 g/mol. The van der Waals surface area contributed by atoms with Crippen molar-refractivity contribution in [3.05, 3.63) is 63.4 Å². The van der Waals surface area contributed by atoms with Crippen LogP contribution in [0, 0.1) is 25.1 Å². The van der Waals surface area contributed by atoms with Gasteiger partial charge in [-0.25, -0.2) is 4.39 Å². The third kappa shape index (κ3) is 3.52. The molecule has 21 heavy (non-hydrogen) atoms. The summed E-state index contributed by atoms with van der Waals surface area (Å²) in [6.07, 6.45) is 0. The molecule has 0 spiro atoms. The lowest BCUT2D eigenvalue weighted by atomic mass is 10.1. The number of nitrogen functional groups attached to an aromatic ring is 1. The Kier molecular flexibility index (Phi) is 4.48. The van der Waals surface area contributed by atoms with Crippen LogP contribution in [0.2, 0.25) is 5.02 Å². The van der Waals surface area contributed by atoms with Crippen LogP contribution in [0.5, 0.6) is 5.75 Å². The number of hydrogen-bond acceptors (Lipinski definition) is 2. The lowest BCUT2D eigenvalue weighted by molar-refractivity contribution is 0.305. The maximum atomic E-state index is 13.2. The Balaban J connectivity index is 2.22. The highest BCUT2D eigenvalue weighted by Crippen LogP contribution is 2.26. The predicted molar refractivity (Wildman–Crippen MR) is 82.7 cm³/mol. The predicted octanol–water partition coefficient (Wildman–Crippen LogP) is 3.96. The Morgan fingerprint density at radius 3 is 2.43 bits per heavy atom. The zero-order valence-corrected chi connectivity index (χ0v) is 12.6. The summed E-state index contributed by atoms with van der Waals surface area (Å²) in [6, 6.07) is 7.81. The van der Waals surface area contributed by atoms with E-state index in [1.54, 1.807) is 6.07 Å². The van der Waals surface area contributed by atoms with Gasteiger partial charge in [0.1, 0.15) is 24.0 Å². The first-order valence-corrected chi connectivity index (χ1v) is 6.78. The second-order valence-corrected chi connectivity index (χ2v) is 5.25. The van der Waals surface area contributed by atoms with Gasteiger partial charge in [0.25, 0.3) is 0 Å². The first-order chi connectivity index (χ1) is 9.88. The van der Waals surface area contributed by atoms with Crippen molar-refractivity contribution in [3.63, 3.8) is 0 Å². The normalized spacial score (nSPS) is 10.5. The van der Waals surface area contributed by atoms with Crippen molar-refractivity contribution in [2.45, 2.75) is 20.5 Å². The number of amidine groups is 1. The number of halogens is 2. The van der Waals surface area contributed by atoms with Gasteiger partial charge in [-0.15, -0.1) is 0 Å². The van der Waals surface area contributed by atoms with Gasteiger partial charge in [-0.05, 0) is 49.2 Å². The van der Waals surface area contributed by atoms with E-state index in [1.807, 2.05) is 26.0 Å². The Bertz CT molecular complexity index is 678. The van der Waals surface area contributed by atoms with E-state index in [4.69, 9.17) is 27.5 Å². The van der Waals surface area contributed by atoms with Gasteiger partial charge in [-0.1, -0.05) is 17.7 Å². The molecule has 0 aliphatic heterocycles. The van der Waals surface area contributed by atoms with Gasteiger partial charge in [-0.3, -0.25) is 5.41 Å². The van der Waals surface area contributed by atoms with Crippen molar-refractivity contribution >= 4 is 17.4 Å². The molecule has 0 atom stereocenters. The van der Waals surface area contributed by atoms with E-state index in [2.05, 4.69) is 0 Å². The van der Waals surface area contributed by atoms with Crippen LogP contribution < -0.4 is 10.5 Å². The van der Waals surface area contributed by atoms with E-state index in [0.29, 0.717) is 21.9 Å². The molecule has 3 nitrogen and oxygen atoms in total. The summed E-state index contributed by atoms with van der Waals surface area (Å²) >= 11 is 6.11. The molecular weight excluding hydrogens is 291 g/mol. The SMILES string of the molecule is Cc1cc(OCc2ccc(F)cc2C(=N)N)cc(C)c1Cl. The molecule has 2 aromatic carbocycles. The number of hydrogen-bond donors (Lipinski definition) is 2. The Morgan fingerprint density at radius 2 is 1.86 bits per heavy atom. The molecular formula is C16H16ClFN2O. The molecule has 0 saturated heterocycles. The van der Waals surface area contributed by atoms with Gasteiger partial charge in [0.2, 0.25) is 0 Å². The highest BCUT2D eigenvalue weighted by Gasteiger charge is 2.09. The number of nitrogens with one attached hydrogen (secondary N) is 1. The second-order valence-electron chi connectivity index (χ2n) is 4.87. The van der Waals surface area contributed by atoms with Crippen LogP contribution >= 0.6 is 11.6 Å². The Labute approximate surface area is 128 Å². The molecule has 2 rings (SSSR count). The van der Waals surface area contributed by atoms with Crippen molar-refractivity contribution in [1.82, 2.24) is 0 Å².